The number of nitro groups is 1. The fourth-order valence-electron chi connectivity index (χ4n) is 2.53. The summed E-state index contributed by atoms with van der Waals surface area (Å²) in [7, 11) is 0. The van der Waals surface area contributed by atoms with Crippen LogP contribution < -0.4 is 0 Å². The highest BCUT2D eigenvalue weighted by molar-refractivity contribution is 5.99. The number of nitro benzene ring substituents is 1. The zero-order valence-corrected chi connectivity index (χ0v) is 9.79. The molecular formula is C14H9NO4. The van der Waals surface area contributed by atoms with Crippen molar-refractivity contribution in [3.05, 3.63) is 63.2 Å². The third-order valence-electron chi connectivity index (χ3n) is 3.33. The van der Waals surface area contributed by atoms with Gasteiger partial charge in [-0.1, -0.05) is 12.1 Å². The lowest BCUT2D eigenvalue weighted by molar-refractivity contribution is -0.384. The van der Waals surface area contributed by atoms with Gasteiger partial charge >= 0.3 is 5.97 Å². The normalized spacial score (nSPS) is 11.8. The largest absolute Gasteiger partial charge is 0.478 e. The van der Waals surface area contributed by atoms with E-state index in [1.165, 1.54) is 12.1 Å². The van der Waals surface area contributed by atoms with Gasteiger partial charge in [-0.05, 0) is 40.8 Å². The first kappa shape index (κ1) is 11.4. The summed E-state index contributed by atoms with van der Waals surface area (Å²) >= 11 is 0. The summed E-state index contributed by atoms with van der Waals surface area (Å²) in [4.78, 5) is 21.6. The lowest BCUT2D eigenvalue weighted by Crippen LogP contribution is -1.99. The third-order valence-corrected chi connectivity index (χ3v) is 3.33. The van der Waals surface area contributed by atoms with E-state index in [0.717, 1.165) is 16.7 Å². The van der Waals surface area contributed by atoms with Crippen molar-refractivity contribution in [2.75, 3.05) is 0 Å². The number of rotatable bonds is 2. The molecule has 1 N–H and O–H groups in total. The molecule has 0 radical (unpaired) electrons. The zero-order valence-electron chi connectivity index (χ0n) is 9.79. The molecule has 0 amide bonds. The number of fused-ring (bicyclic) bond motifs is 3. The van der Waals surface area contributed by atoms with Crippen LogP contribution in [0.1, 0.15) is 21.5 Å². The maximum atomic E-state index is 11.2. The first-order valence-electron chi connectivity index (χ1n) is 5.71. The molecule has 0 atom stereocenters. The topological polar surface area (TPSA) is 80.4 Å². The predicted octanol–water partition coefficient (Wildman–Crippen LogP) is 2.86. The monoisotopic (exact) mass is 255 g/mol. The Hall–Kier alpha value is -2.69. The molecule has 19 heavy (non-hydrogen) atoms. The quantitative estimate of drug-likeness (QED) is 0.564. The molecule has 0 saturated carbocycles. The van der Waals surface area contributed by atoms with Crippen LogP contribution in [0.4, 0.5) is 5.69 Å². The Morgan fingerprint density at radius 3 is 2.68 bits per heavy atom. The Kier molecular flexibility index (Phi) is 2.35. The number of carboxylic acid groups (broad SMARTS) is 1. The molecule has 1 aliphatic rings. The van der Waals surface area contributed by atoms with E-state index in [1.807, 2.05) is 6.07 Å². The number of benzene rings is 2. The van der Waals surface area contributed by atoms with Crippen molar-refractivity contribution in [1.82, 2.24) is 0 Å². The molecule has 0 unspecified atom stereocenters. The minimum Gasteiger partial charge on any atom is -0.478 e. The fourth-order valence-corrected chi connectivity index (χ4v) is 2.53. The van der Waals surface area contributed by atoms with Crippen LogP contribution in [0.15, 0.2) is 36.4 Å². The van der Waals surface area contributed by atoms with Crippen LogP contribution in [0.25, 0.3) is 11.1 Å². The number of hydrogen-bond acceptors (Lipinski definition) is 3. The van der Waals surface area contributed by atoms with Gasteiger partial charge in [-0.15, -0.1) is 0 Å². The smallest absolute Gasteiger partial charge is 0.336 e. The second kappa shape index (κ2) is 3.91. The number of nitrogens with zero attached hydrogens (tertiary/aromatic N) is 1. The first-order chi connectivity index (χ1) is 9.08. The summed E-state index contributed by atoms with van der Waals surface area (Å²) in [6, 6.07) is 9.66. The fraction of sp³-hybridized carbons (Fsp3) is 0.0714. The van der Waals surface area contributed by atoms with Crippen LogP contribution in [0.5, 0.6) is 0 Å². The Labute approximate surface area is 108 Å². The van der Waals surface area contributed by atoms with Crippen molar-refractivity contribution in [2.24, 2.45) is 0 Å². The minimum absolute atomic E-state index is 0.0310. The molecule has 0 saturated heterocycles. The second-order valence-electron chi connectivity index (χ2n) is 4.42. The van der Waals surface area contributed by atoms with Crippen LogP contribution in [0, 0.1) is 10.1 Å². The summed E-state index contributed by atoms with van der Waals surface area (Å²) in [5, 5.41) is 20.0. The van der Waals surface area contributed by atoms with E-state index in [-0.39, 0.29) is 11.3 Å². The average Bonchev–Trinajstić information content (AvgIpc) is 2.75. The van der Waals surface area contributed by atoms with E-state index >= 15 is 0 Å². The van der Waals surface area contributed by atoms with Gasteiger partial charge in [0.2, 0.25) is 0 Å². The second-order valence-corrected chi connectivity index (χ2v) is 4.42. The van der Waals surface area contributed by atoms with Crippen LogP contribution >= 0.6 is 0 Å². The maximum absolute atomic E-state index is 11.2. The van der Waals surface area contributed by atoms with E-state index in [1.54, 1.807) is 18.2 Å². The Balaban J connectivity index is 2.23. The minimum atomic E-state index is -0.983. The average molecular weight is 255 g/mol. The summed E-state index contributed by atoms with van der Waals surface area (Å²) in [5.74, 6) is -0.983. The Morgan fingerprint density at radius 2 is 2.00 bits per heavy atom. The van der Waals surface area contributed by atoms with E-state index in [4.69, 9.17) is 0 Å². The molecule has 0 heterocycles. The lowest BCUT2D eigenvalue weighted by Gasteiger charge is -2.05. The number of carboxylic acids is 1. The molecule has 1 aliphatic carbocycles. The van der Waals surface area contributed by atoms with Gasteiger partial charge in [-0.2, -0.15) is 0 Å². The highest BCUT2D eigenvalue weighted by Gasteiger charge is 2.25. The molecule has 2 aromatic rings. The predicted molar refractivity (Wildman–Crippen MR) is 68.3 cm³/mol. The van der Waals surface area contributed by atoms with Crippen molar-refractivity contribution in [3.8, 4) is 11.1 Å². The molecule has 0 spiro atoms. The van der Waals surface area contributed by atoms with E-state index in [9.17, 15) is 20.0 Å². The van der Waals surface area contributed by atoms with Crippen LogP contribution in [-0.4, -0.2) is 16.0 Å². The molecular weight excluding hydrogens is 246 g/mol. The van der Waals surface area contributed by atoms with E-state index in [2.05, 4.69) is 0 Å². The number of aromatic carboxylic acids is 1. The Morgan fingerprint density at radius 1 is 1.21 bits per heavy atom. The number of hydrogen-bond donors (Lipinski definition) is 1. The van der Waals surface area contributed by atoms with Crippen molar-refractivity contribution in [2.45, 2.75) is 6.42 Å². The van der Waals surface area contributed by atoms with Crippen molar-refractivity contribution in [1.29, 1.82) is 0 Å². The van der Waals surface area contributed by atoms with Gasteiger partial charge in [0, 0.05) is 12.1 Å². The van der Waals surface area contributed by atoms with Gasteiger partial charge in [0.05, 0.1) is 10.5 Å². The molecule has 5 nitrogen and oxygen atoms in total. The first-order valence-corrected chi connectivity index (χ1v) is 5.71. The maximum Gasteiger partial charge on any atom is 0.336 e. The van der Waals surface area contributed by atoms with E-state index in [0.29, 0.717) is 12.0 Å². The highest BCUT2D eigenvalue weighted by atomic mass is 16.6. The number of non-ortho nitro benzene ring substituents is 1. The standard InChI is InChI=1S/C14H9NO4/c16-14(17)12-3-1-2-8-6-9-7-10(15(18)19)4-5-11(9)13(8)12/h1-5,7H,6H2,(H,16,17). The van der Waals surface area contributed by atoms with Crippen LogP contribution in [-0.2, 0) is 6.42 Å². The zero-order chi connectivity index (χ0) is 13.6. The van der Waals surface area contributed by atoms with Gasteiger partial charge in [0.1, 0.15) is 0 Å². The summed E-state index contributed by atoms with van der Waals surface area (Å²) < 4.78 is 0. The SMILES string of the molecule is O=C(O)c1cccc2c1-c1ccc([N+](=O)[O-])cc1C2. The summed E-state index contributed by atoms with van der Waals surface area (Å²) in [6.07, 6.45) is 0.535. The molecule has 94 valence electrons. The van der Waals surface area contributed by atoms with Crippen LogP contribution in [0.2, 0.25) is 0 Å². The summed E-state index contributed by atoms with van der Waals surface area (Å²) in [5.41, 5.74) is 3.43. The van der Waals surface area contributed by atoms with Gasteiger partial charge in [-0.3, -0.25) is 10.1 Å². The molecule has 3 rings (SSSR count). The van der Waals surface area contributed by atoms with Crippen molar-refractivity contribution in [3.63, 3.8) is 0 Å². The molecule has 2 aromatic carbocycles. The van der Waals surface area contributed by atoms with Gasteiger partial charge in [0.25, 0.3) is 5.69 Å². The van der Waals surface area contributed by atoms with Crippen molar-refractivity contribution >= 4 is 11.7 Å². The Bertz CT molecular complexity index is 721. The van der Waals surface area contributed by atoms with Gasteiger partial charge < -0.3 is 5.11 Å². The number of carbonyl (C=O) groups is 1. The van der Waals surface area contributed by atoms with E-state index < -0.39 is 10.9 Å². The molecule has 0 fully saturated rings. The third kappa shape index (κ3) is 1.67. The van der Waals surface area contributed by atoms with Crippen LogP contribution in [0.3, 0.4) is 0 Å². The highest BCUT2D eigenvalue weighted by Crippen LogP contribution is 2.40. The molecule has 0 bridgehead atoms. The summed E-state index contributed by atoms with van der Waals surface area (Å²) in [6.45, 7) is 0. The van der Waals surface area contributed by atoms with Gasteiger partial charge in [-0.25, -0.2) is 4.79 Å². The van der Waals surface area contributed by atoms with Crippen molar-refractivity contribution < 1.29 is 14.8 Å². The van der Waals surface area contributed by atoms with Gasteiger partial charge in [0.15, 0.2) is 0 Å². The molecule has 0 aliphatic heterocycles. The molecule has 0 aromatic heterocycles. The molecule has 5 heteroatoms. The lowest BCUT2D eigenvalue weighted by atomic mass is 9.99.